The number of carbonyl (C=O) groups is 2. The van der Waals surface area contributed by atoms with Crippen molar-refractivity contribution in [1.82, 2.24) is 10.2 Å². The number of carbonyl (C=O) groups excluding carboxylic acids is 2. The molecule has 0 saturated heterocycles. The quantitative estimate of drug-likeness (QED) is 0.615. The van der Waals surface area contributed by atoms with Gasteiger partial charge in [-0.25, -0.2) is 0 Å². The fourth-order valence-electron chi connectivity index (χ4n) is 4.42. The van der Waals surface area contributed by atoms with Crippen LogP contribution in [0, 0.1) is 5.92 Å². The van der Waals surface area contributed by atoms with Gasteiger partial charge >= 0.3 is 0 Å². The Hall–Kier alpha value is -3.22. The maximum atomic E-state index is 13.6. The number of amides is 2. The minimum Gasteiger partial charge on any atom is -0.493 e. The Balaban J connectivity index is 2.24. The van der Waals surface area contributed by atoms with Gasteiger partial charge in [-0.1, -0.05) is 39.0 Å². The van der Waals surface area contributed by atoms with Crippen LogP contribution in [-0.2, 0) is 4.79 Å². The van der Waals surface area contributed by atoms with E-state index in [9.17, 15) is 9.59 Å². The SMILES string of the molecule is CCCN1C(=O)c2ccccc2[C@@H](C(=O)NCC(C)C)[C@@H]1c1cc(OC)c(OC)c(OC)c1. The van der Waals surface area contributed by atoms with Crippen molar-refractivity contribution in [1.29, 1.82) is 0 Å². The van der Waals surface area contributed by atoms with E-state index in [1.54, 1.807) is 32.3 Å². The van der Waals surface area contributed by atoms with Gasteiger partial charge in [0.25, 0.3) is 5.91 Å². The van der Waals surface area contributed by atoms with Crippen molar-refractivity contribution in [3.63, 3.8) is 0 Å². The van der Waals surface area contributed by atoms with Crippen LogP contribution in [0.1, 0.15) is 60.6 Å². The van der Waals surface area contributed by atoms with Crippen molar-refractivity contribution in [2.45, 2.75) is 39.2 Å². The number of hydrogen-bond acceptors (Lipinski definition) is 5. The van der Waals surface area contributed by atoms with E-state index >= 15 is 0 Å². The zero-order chi connectivity index (χ0) is 24.1. The number of hydrogen-bond donors (Lipinski definition) is 1. The molecule has 1 heterocycles. The van der Waals surface area contributed by atoms with Crippen LogP contribution in [0.4, 0.5) is 0 Å². The van der Waals surface area contributed by atoms with E-state index in [1.165, 1.54) is 0 Å². The summed E-state index contributed by atoms with van der Waals surface area (Å²) in [6.07, 6.45) is 0.759. The standard InChI is InChI=1S/C26H34N2O5/c1-7-12-28-23(17-13-20(31-4)24(33-6)21(14-17)32-5)22(25(29)27-15-16(2)3)18-10-8-9-11-19(18)26(28)30/h8-11,13-14,16,22-23H,7,12,15H2,1-6H3,(H,27,29)/t22-,23+/m1/s1. The van der Waals surface area contributed by atoms with Crippen molar-refractivity contribution in [2.24, 2.45) is 5.92 Å². The Labute approximate surface area is 196 Å². The Morgan fingerprint density at radius 1 is 1.06 bits per heavy atom. The zero-order valence-electron chi connectivity index (χ0n) is 20.3. The summed E-state index contributed by atoms with van der Waals surface area (Å²) in [5, 5.41) is 3.09. The largest absolute Gasteiger partial charge is 0.493 e. The van der Waals surface area contributed by atoms with Gasteiger partial charge in [0, 0.05) is 18.7 Å². The van der Waals surface area contributed by atoms with Crippen LogP contribution in [0.2, 0.25) is 0 Å². The van der Waals surface area contributed by atoms with Crippen molar-refractivity contribution in [3.05, 3.63) is 53.1 Å². The molecule has 1 N–H and O–H groups in total. The van der Waals surface area contributed by atoms with Crippen molar-refractivity contribution >= 4 is 11.8 Å². The van der Waals surface area contributed by atoms with E-state index in [1.807, 2.05) is 37.3 Å². The molecular weight excluding hydrogens is 420 g/mol. The van der Waals surface area contributed by atoms with Gasteiger partial charge in [-0.15, -0.1) is 0 Å². The molecule has 3 rings (SSSR count). The zero-order valence-corrected chi connectivity index (χ0v) is 20.3. The summed E-state index contributed by atoms with van der Waals surface area (Å²) in [5.41, 5.74) is 2.06. The summed E-state index contributed by atoms with van der Waals surface area (Å²) >= 11 is 0. The molecule has 2 atom stereocenters. The van der Waals surface area contributed by atoms with E-state index in [2.05, 4.69) is 19.2 Å². The molecule has 0 spiro atoms. The first-order chi connectivity index (χ1) is 15.9. The molecule has 1 aliphatic rings. The molecule has 178 valence electrons. The van der Waals surface area contributed by atoms with Gasteiger partial charge in [0.2, 0.25) is 11.7 Å². The van der Waals surface area contributed by atoms with E-state index in [0.717, 1.165) is 17.5 Å². The van der Waals surface area contributed by atoms with Crippen LogP contribution in [0.25, 0.3) is 0 Å². The topological polar surface area (TPSA) is 77.1 Å². The average Bonchev–Trinajstić information content (AvgIpc) is 2.83. The van der Waals surface area contributed by atoms with Gasteiger partial charge in [0.1, 0.15) is 0 Å². The molecule has 7 heteroatoms. The van der Waals surface area contributed by atoms with Crippen LogP contribution in [0.15, 0.2) is 36.4 Å². The molecule has 0 radical (unpaired) electrons. The smallest absolute Gasteiger partial charge is 0.254 e. The Morgan fingerprint density at radius 2 is 1.70 bits per heavy atom. The molecule has 0 aromatic heterocycles. The highest BCUT2D eigenvalue weighted by Crippen LogP contribution is 2.47. The normalized spacial score (nSPS) is 17.5. The lowest BCUT2D eigenvalue weighted by Gasteiger charge is -2.42. The van der Waals surface area contributed by atoms with Gasteiger partial charge < -0.3 is 24.4 Å². The fraction of sp³-hybridized carbons (Fsp3) is 0.462. The van der Waals surface area contributed by atoms with Crippen LogP contribution >= 0.6 is 0 Å². The first-order valence-electron chi connectivity index (χ1n) is 11.3. The second-order valence-corrected chi connectivity index (χ2v) is 8.61. The Morgan fingerprint density at radius 3 is 2.24 bits per heavy atom. The van der Waals surface area contributed by atoms with E-state index in [4.69, 9.17) is 14.2 Å². The summed E-state index contributed by atoms with van der Waals surface area (Å²) in [7, 11) is 4.66. The summed E-state index contributed by atoms with van der Waals surface area (Å²) in [6, 6.07) is 10.5. The summed E-state index contributed by atoms with van der Waals surface area (Å²) < 4.78 is 16.6. The van der Waals surface area contributed by atoms with Gasteiger partial charge in [-0.3, -0.25) is 9.59 Å². The number of fused-ring (bicyclic) bond motifs is 1. The highest BCUT2D eigenvalue weighted by Gasteiger charge is 2.44. The third-order valence-electron chi connectivity index (χ3n) is 5.90. The molecule has 0 saturated carbocycles. The first kappa shape index (κ1) is 24.4. The molecule has 2 aromatic carbocycles. The number of methoxy groups -OCH3 is 3. The monoisotopic (exact) mass is 454 g/mol. The van der Waals surface area contributed by atoms with Gasteiger partial charge in [-0.05, 0) is 41.7 Å². The molecule has 2 aromatic rings. The molecule has 33 heavy (non-hydrogen) atoms. The van der Waals surface area contributed by atoms with Crippen molar-refractivity contribution in [2.75, 3.05) is 34.4 Å². The molecule has 0 aliphatic carbocycles. The molecule has 1 aliphatic heterocycles. The average molecular weight is 455 g/mol. The van der Waals surface area contributed by atoms with Crippen molar-refractivity contribution in [3.8, 4) is 17.2 Å². The maximum absolute atomic E-state index is 13.6. The molecular formula is C26H34N2O5. The third-order valence-corrected chi connectivity index (χ3v) is 5.90. The van der Waals surface area contributed by atoms with E-state index in [-0.39, 0.29) is 11.8 Å². The van der Waals surface area contributed by atoms with Crippen LogP contribution in [-0.4, -0.2) is 51.1 Å². The Bertz CT molecular complexity index is 979. The number of ether oxygens (including phenoxy) is 3. The summed E-state index contributed by atoms with van der Waals surface area (Å²) in [5.74, 6) is 0.969. The van der Waals surface area contributed by atoms with Crippen LogP contribution in [0.3, 0.4) is 0 Å². The van der Waals surface area contributed by atoms with Gasteiger partial charge in [0.15, 0.2) is 11.5 Å². The predicted molar refractivity (Wildman–Crippen MR) is 127 cm³/mol. The number of benzene rings is 2. The minimum absolute atomic E-state index is 0.0842. The lowest BCUT2D eigenvalue weighted by Crippen LogP contribution is -2.48. The maximum Gasteiger partial charge on any atom is 0.254 e. The van der Waals surface area contributed by atoms with Gasteiger partial charge in [-0.2, -0.15) is 0 Å². The molecule has 0 bridgehead atoms. The van der Waals surface area contributed by atoms with E-state index in [0.29, 0.717) is 41.8 Å². The Kier molecular flexibility index (Phi) is 7.84. The summed E-state index contributed by atoms with van der Waals surface area (Å²) in [6.45, 7) is 7.20. The van der Waals surface area contributed by atoms with Gasteiger partial charge in [0.05, 0.1) is 33.3 Å². The molecule has 0 fully saturated rings. The molecule has 7 nitrogen and oxygen atoms in total. The number of rotatable bonds is 9. The van der Waals surface area contributed by atoms with E-state index < -0.39 is 12.0 Å². The third kappa shape index (κ3) is 4.77. The van der Waals surface area contributed by atoms with Crippen molar-refractivity contribution < 1.29 is 23.8 Å². The highest BCUT2D eigenvalue weighted by molar-refractivity contribution is 6.01. The number of nitrogens with one attached hydrogen (secondary N) is 1. The van der Waals surface area contributed by atoms with Crippen LogP contribution in [0.5, 0.6) is 17.2 Å². The minimum atomic E-state index is -0.577. The highest BCUT2D eigenvalue weighted by atomic mass is 16.5. The number of nitrogens with zero attached hydrogens (tertiary/aromatic N) is 1. The first-order valence-corrected chi connectivity index (χ1v) is 11.3. The van der Waals surface area contributed by atoms with Crippen LogP contribution < -0.4 is 19.5 Å². The molecule has 2 amide bonds. The lowest BCUT2D eigenvalue weighted by molar-refractivity contribution is -0.124. The fourth-order valence-corrected chi connectivity index (χ4v) is 4.42. The molecule has 0 unspecified atom stereocenters. The summed E-state index contributed by atoms with van der Waals surface area (Å²) in [4.78, 5) is 29.0. The predicted octanol–water partition coefficient (Wildman–Crippen LogP) is 4.18. The lowest BCUT2D eigenvalue weighted by atomic mass is 9.78. The second kappa shape index (κ2) is 10.6. The second-order valence-electron chi connectivity index (χ2n) is 8.61.